The summed E-state index contributed by atoms with van der Waals surface area (Å²) in [6.45, 7) is 4.30. The lowest BCUT2D eigenvalue weighted by atomic mass is 10.0. The summed E-state index contributed by atoms with van der Waals surface area (Å²) in [6.07, 6.45) is 6.09. The lowest BCUT2D eigenvalue weighted by Gasteiger charge is -2.03. The summed E-state index contributed by atoms with van der Waals surface area (Å²) in [5.74, 6) is 0. The van der Waals surface area contributed by atoms with Gasteiger partial charge in [0.05, 0.1) is 5.69 Å². The van der Waals surface area contributed by atoms with E-state index in [4.69, 9.17) is 4.98 Å². The van der Waals surface area contributed by atoms with E-state index in [0.717, 1.165) is 42.6 Å². The first-order valence-electron chi connectivity index (χ1n) is 6.15. The van der Waals surface area contributed by atoms with Crippen molar-refractivity contribution in [1.29, 1.82) is 0 Å². The molecule has 0 N–H and O–H groups in total. The van der Waals surface area contributed by atoms with Crippen LogP contribution in [-0.4, -0.2) is 15.7 Å². The zero-order valence-corrected chi connectivity index (χ0v) is 10.2. The van der Waals surface area contributed by atoms with Gasteiger partial charge in [-0.25, -0.2) is 4.98 Å². The van der Waals surface area contributed by atoms with Gasteiger partial charge < -0.3 is 0 Å². The summed E-state index contributed by atoms with van der Waals surface area (Å²) in [7, 11) is 0. The Labute approximate surface area is 100 Å². The van der Waals surface area contributed by atoms with Gasteiger partial charge in [-0.3, -0.25) is 9.20 Å². The summed E-state index contributed by atoms with van der Waals surface area (Å²) in [5, 5.41) is 0. The topological polar surface area (TPSA) is 34.4 Å². The minimum Gasteiger partial charge on any atom is -0.297 e. The van der Waals surface area contributed by atoms with E-state index < -0.39 is 0 Å². The van der Waals surface area contributed by atoms with Crippen molar-refractivity contribution in [3.8, 4) is 0 Å². The number of hydrogen-bond donors (Lipinski definition) is 0. The fraction of sp³-hybridized carbons (Fsp3) is 0.429. The van der Waals surface area contributed by atoms with E-state index in [9.17, 15) is 4.79 Å². The number of pyridine rings is 1. The van der Waals surface area contributed by atoms with Crippen LogP contribution in [0.15, 0.2) is 18.3 Å². The summed E-state index contributed by atoms with van der Waals surface area (Å²) < 4.78 is 1.94. The van der Waals surface area contributed by atoms with Crippen molar-refractivity contribution >= 4 is 11.9 Å². The van der Waals surface area contributed by atoms with Crippen molar-refractivity contribution in [3.63, 3.8) is 0 Å². The number of nitrogens with zero attached hydrogens (tertiary/aromatic N) is 2. The SMILES string of the molecule is CCc1cccn2c(C=O)c(C3(C)CC3)nc12. The van der Waals surface area contributed by atoms with Gasteiger partial charge in [-0.15, -0.1) is 0 Å². The largest absolute Gasteiger partial charge is 0.297 e. The Morgan fingerprint density at radius 1 is 1.53 bits per heavy atom. The highest BCUT2D eigenvalue weighted by molar-refractivity contribution is 5.78. The molecule has 0 aromatic carbocycles. The maximum atomic E-state index is 11.3. The third-order valence-electron chi connectivity index (χ3n) is 3.83. The summed E-state index contributed by atoms with van der Waals surface area (Å²) in [4.78, 5) is 16.0. The smallest absolute Gasteiger partial charge is 0.168 e. The third-order valence-corrected chi connectivity index (χ3v) is 3.83. The Balaban J connectivity index is 2.33. The van der Waals surface area contributed by atoms with Crippen molar-refractivity contribution in [2.45, 2.75) is 38.5 Å². The molecule has 1 aliphatic rings. The Kier molecular flexibility index (Phi) is 2.12. The van der Waals surface area contributed by atoms with E-state index in [1.165, 1.54) is 5.56 Å². The first-order valence-corrected chi connectivity index (χ1v) is 6.15. The highest BCUT2D eigenvalue weighted by atomic mass is 16.1. The summed E-state index contributed by atoms with van der Waals surface area (Å²) >= 11 is 0. The van der Waals surface area contributed by atoms with Crippen molar-refractivity contribution in [3.05, 3.63) is 35.3 Å². The number of aryl methyl sites for hydroxylation is 1. The van der Waals surface area contributed by atoms with E-state index in [1.807, 2.05) is 16.7 Å². The third kappa shape index (κ3) is 1.42. The molecule has 3 nitrogen and oxygen atoms in total. The van der Waals surface area contributed by atoms with Gasteiger partial charge in [0.15, 0.2) is 6.29 Å². The molecule has 2 aromatic rings. The molecule has 3 rings (SSSR count). The molecule has 0 bridgehead atoms. The quantitative estimate of drug-likeness (QED) is 0.757. The number of carbonyl (C=O) groups is 1. The van der Waals surface area contributed by atoms with Gasteiger partial charge in [0.1, 0.15) is 11.3 Å². The molecule has 2 aromatic heterocycles. The van der Waals surface area contributed by atoms with Gasteiger partial charge in [-0.1, -0.05) is 19.9 Å². The molecule has 1 saturated carbocycles. The zero-order chi connectivity index (χ0) is 12.0. The van der Waals surface area contributed by atoms with Crippen LogP contribution in [0.25, 0.3) is 5.65 Å². The molecule has 88 valence electrons. The zero-order valence-electron chi connectivity index (χ0n) is 10.2. The molecule has 0 atom stereocenters. The molecule has 0 saturated heterocycles. The second-order valence-corrected chi connectivity index (χ2v) is 5.10. The minimum absolute atomic E-state index is 0.132. The number of aromatic nitrogens is 2. The standard InChI is InChI=1S/C14H16N2O/c1-3-10-5-4-8-16-11(9-17)12(15-13(10)16)14(2)6-7-14/h4-5,8-9H,3,6-7H2,1-2H3. The predicted molar refractivity (Wildman–Crippen MR) is 66.5 cm³/mol. The van der Waals surface area contributed by atoms with Gasteiger partial charge in [0, 0.05) is 11.6 Å². The van der Waals surface area contributed by atoms with Crippen LogP contribution in [0.1, 0.15) is 48.4 Å². The highest BCUT2D eigenvalue weighted by Gasteiger charge is 2.43. The summed E-state index contributed by atoms with van der Waals surface area (Å²) in [6, 6.07) is 4.06. The van der Waals surface area contributed by atoms with Crippen LogP contribution in [0.5, 0.6) is 0 Å². The van der Waals surface area contributed by atoms with Gasteiger partial charge >= 0.3 is 0 Å². The molecule has 0 amide bonds. The van der Waals surface area contributed by atoms with Crippen molar-refractivity contribution in [1.82, 2.24) is 9.38 Å². The fourth-order valence-corrected chi connectivity index (χ4v) is 2.40. The van der Waals surface area contributed by atoms with Gasteiger partial charge in [-0.2, -0.15) is 0 Å². The lowest BCUT2D eigenvalue weighted by molar-refractivity contribution is 0.111. The predicted octanol–water partition coefficient (Wildman–Crippen LogP) is 2.76. The second kappa shape index (κ2) is 3.42. The molecule has 17 heavy (non-hydrogen) atoms. The Morgan fingerprint density at radius 3 is 2.88 bits per heavy atom. The minimum atomic E-state index is 0.132. The first-order chi connectivity index (χ1) is 8.19. The Morgan fingerprint density at radius 2 is 2.29 bits per heavy atom. The summed E-state index contributed by atoms with van der Waals surface area (Å²) in [5.41, 5.74) is 3.99. The monoisotopic (exact) mass is 228 g/mol. The van der Waals surface area contributed by atoms with Crippen LogP contribution < -0.4 is 0 Å². The molecule has 3 heteroatoms. The van der Waals surface area contributed by atoms with Crippen LogP contribution in [0.4, 0.5) is 0 Å². The molecule has 0 unspecified atom stereocenters. The van der Waals surface area contributed by atoms with Crippen molar-refractivity contribution < 1.29 is 4.79 Å². The fourth-order valence-electron chi connectivity index (χ4n) is 2.40. The Bertz CT molecular complexity index is 594. The van der Waals surface area contributed by atoms with Crippen LogP contribution in [0.3, 0.4) is 0 Å². The number of hydrogen-bond acceptors (Lipinski definition) is 2. The Hall–Kier alpha value is -1.64. The van der Waals surface area contributed by atoms with Gasteiger partial charge in [0.2, 0.25) is 0 Å². The van der Waals surface area contributed by atoms with Crippen molar-refractivity contribution in [2.75, 3.05) is 0 Å². The highest BCUT2D eigenvalue weighted by Crippen LogP contribution is 2.48. The maximum absolute atomic E-state index is 11.3. The normalized spacial score (nSPS) is 17.3. The molecule has 0 radical (unpaired) electrons. The average molecular weight is 228 g/mol. The van der Waals surface area contributed by atoms with E-state index in [2.05, 4.69) is 19.9 Å². The molecule has 1 aliphatic carbocycles. The van der Waals surface area contributed by atoms with Crippen LogP contribution in [0.2, 0.25) is 0 Å². The second-order valence-electron chi connectivity index (χ2n) is 5.10. The maximum Gasteiger partial charge on any atom is 0.168 e. The number of rotatable bonds is 3. The van der Waals surface area contributed by atoms with Gasteiger partial charge in [0.25, 0.3) is 0 Å². The van der Waals surface area contributed by atoms with Crippen LogP contribution in [-0.2, 0) is 11.8 Å². The molecular formula is C14H16N2O. The van der Waals surface area contributed by atoms with Crippen molar-refractivity contribution in [2.24, 2.45) is 0 Å². The van der Waals surface area contributed by atoms with Gasteiger partial charge in [-0.05, 0) is 30.9 Å². The average Bonchev–Trinajstić information content (AvgIpc) is 2.97. The molecule has 1 fully saturated rings. The number of imidazole rings is 1. The van der Waals surface area contributed by atoms with E-state index in [-0.39, 0.29) is 5.41 Å². The number of carbonyl (C=O) groups excluding carboxylic acids is 1. The molecule has 0 aliphatic heterocycles. The molecule has 2 heterocycles. The first kappa shape index (κ1) is 10.5. The van der Waals surface area contributed by atoms with E-state index >= 15 is 0 Å². The van der Waals surface area contributed by atoms with Crippen LogP contribution in [0, 0.1) is 0 Å². The molecule has 0 spiro atoms. The van der Waals surface area contributed by atoms with E-state index in [0.29, 0.717) is 0 Å². The molecular weight excluding hydrogens is 212 g/mol. The number of aldehydes is 1. The number of fused-ring (bicyclic) bond motifs is 1. The lowest BCUT2D eigenvalue weighted by Crippen LogP contribution is -2.05. The van der Waals surface area contributed by atoms with Crippen LogP contribution >= 0.6 is 0 Å². The van der Waals surface area contributed by atoms with E-state index in [1.54, 1.807) is 0 Å².